The molecule has 0 radical (unpaired) electrons. The van der Waals surface area contributed by atoms with Crippen molar-refractivity contribution in [2.24, 2.45) is 0 Å². The predicted molar refractivity (Wildman–Crippen MR) is 155 cm³/mol. The summed E-state index contributed by atoms with van der Waals surface area (Å²) in [5.74, 6) is -2.72. The van der Waals surface area contributed by atoms with E-state index in [1.165, 1.54) is 24.3 Å². The van der Waals surface area contributed by atoms with Gasteiger partial charge in [0.1, 0.15) is 0 Å². The van der Waals surface area contributed by atoms with E-state index in [0.717, 1.165) is 11.1 Å². The molecule has 0 saturated carbocycles. The van der Waals surface area contributed by atoms with E-state index in [1.807, 2.05) is 42.5 Å². The fourth-order valence-corrected chi connectivity index (χ4v) is 5.96. The summed E-state index contributed by atoms with van der Waals surface area (Å²) < 4.78 is 26.6. The maximum atomic E-state index is 13.3. The van der Waals surface area contributed by atoms with Gasteiger partial charge in [-0.25, -0.2) is 8.42 Å². The number of carbonyl (C=O) groups excluding carboxylic acids is 1. The summed E-state index contributed by atoms with van der Waals surface area (Å²) in [6, 6.07) is 22.1. The summed E-state index contributed by atoms with van der Waals surface area (Å²) in [6.45, 7) is 7.80. The molecule has 0 aliphatic heterocycles. The molecule has 0 aliphatic carbocycles. The van der Waals surface area contributed by atoms with Crippen LogP contribution in [0.15, 0.2) is 88.7 Å². The van der Waals surface area contributed by atoms with Crippen molar-refractivity contribution in [2.45, 2.75) is 55.7 Å². The van der Waals surface area contributed by atoms with Gasteiger partial charge < -0.3 is 20.6 Å². The van der Waals surface area contributed by atoms with E-state index in [0.29, 0.717) is 29.7 Å². The van der Waals surface area contributed by atoms with Gasteiger partial charge in [-0.2, -0.15) is 0 Å². The molecule has 4 N–H and O–H groups in total. The molecule has 4 aromatic rings. The van der Waals surface area contributed by atoms with E-state index >= 15 is 0 Å². The Morgan fingerprint density at radius 3 is 2.05 bits per heavy atom. The highest BCUT2D eigenvalue weighted by Crippen LogP contribution is 2.41. The molecular formula is C32H33NO6S. The van der Waals surface area contributed by atoms with Gasteiger partial charge in [-0.1, -0.05) is 63.2 Å². The summed E-state index contributed by atoms with van der Waals surface area (Å²) in [6.07, 6.45) is 0.875. The first-order valence-corrected chi connectivity index (χ1v) is 14.4. The predicted octanol–water partition coefficient (Wildman–Crippen LogP) is 6.28. The first-order chi connectivity index (χ1) is 18.8. The fraction of sp³-hybridized carbons (Fsp3) is 0.219. The number of aryl methyl sites for hydroxylation is 3. The number of hydrogen-bond acceptors (Lipinski definition) is 6. The SMILES string of the molecule is Cc1cc(NC(=O)c2cc(CCc3ccccc3)c(O)c(O)c2O)ccc1S(=O)(=O)c1ccc(C(C)(C)C)cc1. The van der Waals surface area contributed by atoms with E-state index in [1.54, 1.807) is 19.1 Å². The zero-order valence-electron chi connectivity index (χ0n) is 22.9. The molecule has 1 amide bonds. The molecule has 8 heteroatoms. The lowest BCUT2D eigenvalue weighted by atomic mass is 9.87. The number of aromatic hydroxyl groups is 3. The number of rotatable bonds is 7. The molecule has 0 unspecified atom stereocenters. The summed E-state index contributed by atoms with van der Waals surface area (Å²) in [4.78, 5) is 13.4. The van der Waals surface area contributed by atoms with Gasteiger partial charge in [-0.05, 0) is 83.8 Å². The number of nitrogens with one attached hydrogen (secondary N) is 1. The van der Waals surface area contributed by atoms with Gasteiger partial charge in [0.15, 0.2) is 11.5 Å². The number of carbonyl (C=O) groups is 1. The Balaban J connectivity index is 1.56. The smallest absolute Gasteiger partial charge is 0.259 e. The van der Waals surface area contributed by atoms with Crippen molar-refractivity contribution in [3.05, 3.63) is 107 Å². The third kappa shape index (κ3) is 5.97. The summed E-state index contributed by atoms with van der Waals surface area (Å²) in [5, 5.41) is 33.7. The minimum atomic E-state index is -3.79. The van der Waals surface area contributed by atoms with Gasteiger partial charge >= 0.3 is 0 Å². The van der Waals surface area contributed by atoms with Gasteiger partial charge in [0.05, 0.1) is 15.4 Å². The van der Waals surface area contributed by atoms with Crippen LogP contribution in [0.5, 0.6) is 17.2 Å². The Hall–Kier alpha value is -4.30. The van der Waals surface area contributed by atoms with Crippen LogP contribution in [0, 0.1) is 6.92 Å². The average molecular weight is 560 g/mol. The van der Waals surface area contributed by atoms with Gasteiger partial charge in [-0.15, -0.1) is 0 Å². The number of amides is 1. The van der Waals surface area contributed by atoms with E-state index in [-0.39, 0.29) is 20.8 Å². The summed E-state index contributed by atoms with van der Waals surface area (Å²) in [5.41, 5.74) is 2.75. The van der Waals surface area contributed by atoms with Crippen molar-refractivity contribution in [3.8, 4) is 17.2 Å². The molecule has 0 bridgehead atoms. The van der Waals surface area contributed by atoms with Gasteiger partial charge in [0.25, 0.3) is 5.91 Å². The van der Waals surface area contributed by atoms with Crippen LogP contribution in [0.1, 0.15) is 53.4 Å². The van der Waals surface area contributed by atoms with Crippen molar-refractivity contribution in [3.63, 3.8) is 0 Å². The van der Waals surface area contributed by atoms with Crippen LogP contribution in [0.2, 0.25) is 0 Å². The number of anilines is 1. The molecule has 0 aliphatic rings. The van der Waals surface area contributed by atoms with Crippen LogP contribution in [-0.2, 0) is 28.1 Å². The Morgan fingerprint density at radius 1 is 0.800 bits per heavy atom. The van der Waals surface area contributed by atoms with Crippen LogP contribution in [0.3, 0.4) is 0 Å². The zero-order valence-corrected chi connectivity index (χ0v) is 23.7. The quantitative estimate of drug-likeness (QED) is 0.198. The monoisotopic (exact) mass is 559 g/mol. The minimum absolute atomic E-state index is 0.108. The Kier molecular flexibility index (Phi) is 7.93. The van der Waals surface area contributed by atoms with Crippen molar-refractivity contribution in [1.82, 2.24) is 0 Å². The topological polar surface area (TPSA) is 124 Å². The average Bonchev–Trinajstić information content (AvgIpc) is 2.91. The molecule has 4 rings (SSSR count). The number of sulfone groups is 1. The lowest BCUT2D eigenvalue weighted by Gasteiger charge is -2.19. The number of hydrogen-bond donors (Lipinski definition) is 4. The molecule has 0 saturated heterocycles. The maximum Gasteiger partial charge on any atom is 0.259 e. The molecule has 4 aromatic carbocycles. The highest BCUT2D eigenvalue weighted by molar-refractivity contribution is 7.91. The van der Waals surface area contributed by atoms with Crippen LogP contribution < -0.4 is 5.32 Å². The van der Waals surface area contributed by atoms with Crippen LogP contribution >= 0.6 is 0 Å². The number of phenols is 3. The third-order valence-electron chi connectivity index (χ3n) is 6.85. The largest absolute Gasteiger partial charge is 0.504 e. The molecule has 0 spiro atoms. The zero-order chi connectivity index (χ0) is 29.2. The fourth-order valence-electron chi connectivity index (χ4n) is 4.48. The van der Waals surface area contributed by atoms with Crippen molar-refractivity contribution in [2.75, 3.05) is 5.32 Å². The molecule has 0 heterocycles. The van der Waals surface area contributed by atoms with Gasteiger partial charge in [-0.3, -0.25) is 4.79 Å². The number of phenolic OH excluding ortho intramolecular Hbond substituents is 3. The molecule has 0 atom stereocenters. The lowest BCUT2D eigenvalue weighted by molar-refractivity contribution is 0.102. The molecule has 0 aromatic heterocycles. The second-order valence-electron chi connectivity index (χ2n) is 10.8. The third-order valence-corrected chi connectivity index (χ3v) is 8.78. The summed E-state index contributed by atoms with van der Waals surface area (Å²) >= 11 is 0. The van der Waals surface area contributed by atoms with E-state index in [4.69, 9.17) is 0 Å². The van der Waals surface area contributed by atoms with Crippen molar-refractivity contribution in [1.29, 1.82) is 0 Å². The molecule has 208 valence electrons. The first kappa shape index (κ1) is 28.7. The van der Waals surface area contributed by atoms with E-state index in [9.17, 15) is 28.5 Å². The minimum Gasteiger partial charge on any atom is -0.504 e. The van der Waals surface area contributed by atoms with Gasteiger partial charge in [0.2, 0.25) is 15.6 Å². The standard InChI is InChI=1S/C32H33NO6S/c1-20-18-24(14-17-27(20)40(38,39)25-15-12-23(13-16-25)32(2,3)4)33-31(37)26-19-22(28(34)30(36)29(26)35)11-10-21-8-6-5-7-9-21/h5-9,12-19,34-36H,10-11H2,1-4H3,(H,33,37). The second kappa shape index (κ2) is 11.1. The Bertz CT molecular complexity index is 1650. The summed E-state index contributed by atoms with van der Waals surface area (Å²) in [7, 11) is -3.79. The van der Waals surface area contributed by atoms with Crippen molar-refractivity contribution >= 4 is 21.4 Å². The first-order valence-electron chi connectivity index (χ1n) is 12.9. The maximum absolute atomic E-state index is 13.3. The lowest BCUT2D eigenvalue weighted by Crippen LogP contribution is -2.14. The Morgan fingerprint density at radius 2 is 1.45 bits per heavy atom. The van der Waals surface area contributed by atoms with Crippen LogP contribution in [-0.4, -0.2) is 29.6 Å². The van der Waals surface area contributed by atoms with Gasteiger partial charge in [0, 0.05) is 5.69 Å². The highest BCUT2D eigenvalue weighted by Gasteiger charge is 2.24. The van der Waals surface area contributed by atoms with Crippen LogP contribution in [0.25, 0.3) is 0 Å². The normalized spacial score (nSPS) is 11.8. The highest BCUT2D eigenvalue weighted by atomic mass is 32.2. The molecule has 7 nitrogen and oxygen atoms in total. The van der Waals surface area contributed by atoms with Crippen molar-refractivity contribution < 1.29 is 28.5 Å². The van der Waals surface area contributed by atoms with E-state index < -0.39 is 33.0 Å². The molecule has 0 fully saturated rings. The second-order valence-corrected chi connectivity index (χ2v) is 12.7. The van der Waals surface area contributed by atoms with E-state index in [2.05, 4.69) is 26.1 Å². The number of benzene rings is 4. The van der Waals surface area contributed by atoms with Crippen LogP contribution in [0.4, 0.5) is 5.69 Å². The Labute approximate surface area is 234 Å². The molecular weight excluding hydrogens is 526 g/mol. The molecule has 40 heavy (non-hydrogen) atoms.